The molecule has 1 aromatic carbocycles. The van der Waals surface area contributed by atoms with Crippen LogP contribution in [0, 0.1) is 0 Å². The summed E-state index contributed by atoms with van der Waals surface area (Å²) in [5.74, 6) is 1.72. The topological polar surface area (TPSA) is 48.2 Å². The van der Waals surface area contributed by atoms with Crippen LogP contribution in [0.3, 0.4) is 0 Å². The van der Waals surface area contributed by atoms with E-state index in [0.29, 0.717) is 11.7 Å². The van der Waals surface area contributed by atoms with Crippen molar-refractivity contribution in [3.63, 3.8) is 0 Å². The maximum absolute atomic E-state index is 6.06. The number of hydrogen-bond donors (Lipinski definition) is 0. The summed E-state index contributed by atoms with van der Waals surface area (Å²) in [7, 11) is 1.61. The van der Waals surface area contributed by atoms with E-state index in [-0.39, 0.29) is 5.38 Å². The fraction of sp³-hybridized carbons (Fsp3) is 0.333. The normalized spacial score (nSPS) is 12.4. The van der Waals surface area contributed by atoms with E-state index in [1.165, 1.54) is 0 Å². The van der Waals surface area contributed by atoms with Crippen LogP contribution in [0.2, 0.25) is 0 Å². The molecule has 0 aliphatic carbocycles. The zero-order valence-corrected chi connectivity index (χ0v) is 12.3. The van der Waals surface area contributed by atoms with E-state index in [9.17, 15) is 0 Å². The van der Waals surface area contributed by atoms with E-state index in [1.54, 1.807) is 7.11 Å². The summed E-state index contributed by atoms with van der Waals surface area (Å²) in [5.41, 5.74) is 0.821. The molecule has 1 heterocycles. The summed E-state index contributed by atoms with van der Waals surface area (Å²) in [5, 5.41) is 3.65. The minimum absolute atomic E-state index is 0.218. The molecule has 0 aliphatic heterocycles. The lowest BCUT2D eigenvalue weighted by atomic mass is 10.2. The summed E-state index contributed by atoms with van der Waals surface area (Å²) >= 11 is 9.47. The summed E-state index contributed by atoms with van der Waals surface area (Å²) in [6, 6.07) is 5.56. The fourth-order valence-electron chi connectivity index (χ4n) is 1.46. The van der Waals surface area contributed by atoms with E-state index in [2.05, 4.69) is 26.1 Å². The third-order valence-electron chi connectivity index (χ3n) is 2.48. The van der Waals surface area contributed by atoms with Gasteiger partial charge in [-0.2, -0.15) is 4.98 Å². The lowest BCUT2D eigenvalue weighted by molar-refractivity contribution is 0.411. The average Bonchev–Trinajstić information content (AvgIpc) is 2.87. The highest BCUT2D eigenvalue weighted by Crippen LogP contribution is 2.31. The van der Waals surface area contributed by atoms with Crippen LogP contribution in [0.5, 0.6) is 5.75 Å². The van der Waals surface area contributed by atoms with Crippen LogP contribution in [-0.4, -0.2) is 17.3 Å². The molecular formula is C12H12BrClN2O2. The van der Waals surface area contributed by atoms with Crippen LogP contribution in [0.1, 0.15) is 24.5 Å². The molecule has 2 aromatic rings. The summed E-state index contributed by atoms with van der Waals surface area (Å²) < 4.78 is 11.2. The monoisotopic (exact) mass is 330 g/mol. The summed E-state index contributed by atoms with van der Waals surface area (Å²) in [6.07, 6.45) is 0.757. The van der Waals surface area contributed by atoms with Gasteiger partial charge in [-0.15, -0.1) is 11.6 Å². The van der Waals surface area contributed by atoms with Crippen LogP contribution in [-0.2, 0) is 0 Å². The Kier molecular flexibility index (Phi) is 4.24. The zero-order valence-electron chi connectivity index (χ0n) is 9.98. The zero-order chi connectivity index (χ0) is 13.1. The molecule has 4 nitrogen and oxygen atoms in total. The van der Waals surface area contributed by atoms with Gasteiger partial charge in [0.2, 0.25) is 0 Å². The molecule has 0 N–H and O–H groups in total. The lowest BCUT2D eigenvalue weighted by Gasteiger charge is -2.03. The molecule has 0 bridgehead atoms. The molecule has 0 aliphatic rings. The predicted octanol–water partition coefficient (Wildman–Crippen LogP) is 4.20. The lowest BCUT2D eigenvalue weighted by Crippen LogP contribution is -1.90. The first kappa shape index (κ1) is 13.4. The summed E-state index contributed by atoms with van der Waals surface area (Å²) in [4.78, 5) is 4.28. The third kappa shape index (κ3) is 2.67. The molecule has 18 heavy (non-hydrogen) atoms. The van der Waals surface area contributed by atoms with Gasteiger partial charge < -0.3 is 9.26 Å². The molecule has 0 spiro atoms. The number of alkyl halides is 1. The number of rotatable bonds is 4. The van der Waals surface area contributed by atoms with Gasteiger partial charge in [0.1, 0.15) is 5.75 Å². The minimum Gasteiger partial charge on any atom is -0.496 e. The van der Waals surface area contributed by atoms with E-state index >= 15 is 0 Å². The standard InChI is InChI=1S/C12H12BrClN2O2/c1-3-9(14)11-15-12(18-16-11)7-4-5-10(17-2)8(13)6-7/h4-6,9H,3H2,1-2H3. The highest BCUT2D eigenvalue weighted by molar-refractivity contribution is 9.10. The molecule has 1 unspecified atom stereocenters. The molecule has 6 heteroatoms. The Morgan fingerprint density at radius 1 is 1.50 bits per heavy atom. The molecule has 0 fully saturated rings. The van der Waals surface area contributed by atoms with Gasteiger partial charge in [-0.1, -0.05) is 12.1 Å². The van der Waals surface area contributed by atoms with Crippen LogP contribution < -0.4 is 4.74 Å². The molecule has 0 amide bonds. The van der Waals surface area contributed by atoms with Crippen LogP contribution in [0.15, 0.2) is 27.2 Å². The highest BCUT2D eigenvalue weighted by atomic mass is 79.9. The van der Waals surface area contributed by atoms with Crippen molar-refractivity contribution >= 4 is 27.5 Å². The first-order chi connectivity index (χ1) is 8.65. The van der Waals surface area contributed by atoms with Gasteiger partial charge >= 0.3 is 0 Å². The highest BCUT2D eigenvalue weighted by Gasteiger charge is 2.15. The number of aromatic nitrogens is 2. The average molecular weight is 332 g/mol. The van der Waals surface area contributed by atoms with Crippen molar-refractivity contribution < 1.29 is 9.26 Å². The second-order valence-corrected chi connectivity index (χ2v) is 5.06. The molecule has 0 saturated heterocycles. The van der Waals surface area contributed by atoms with Gasteiger partial charge in [-0.3, -0.25) is 0 Å². The van der Waals surface area contributed by atoms with Crippen molar-refractivity contribution in [2.75, 3.05) is 7.11 Å². The Bertz CT molecular complexity index is 545. The Morgan fingerprint density at radius 3 is 2.89 bits per heavy atom. The SMILES string of the molecule is CCC(Cl)c1noc(-c2ccc(OC)c(Br)c2)n1. The number of benzene rings is 1. The minimum atomic E-state index is -0.218. The first-order valence-electron chi connectivity index (χ1n) is 5.47. The van der Waals surface area contributed by atoms with Gasteiger partial charge in [0.15, 0.2) is 5.82 Å². The first-order valence-corrected chi connectivity index (χ1v) is 6.70. The summed E-state index contributed by atoms with van der Waals surface area (Å²) in [6.45, 7) is 1.97. The number of nitrogens with zero attached hydrogens (tertiary/aromatic N) is 2. The Hall–Kier alpha value is -1.07. The number of ether oxygens (including phenoxy) is 1. The molecule has 0 radical (unpaired) electrons. The third-order valence-corrected chi connectivity index (χ3v) is 3.60. The van der Waals surface area contributed by atoms with Crippen molar-refractivity contribution in [3.05, 3.63) is 28.5 Å². The fourth-order valence-corrected chi connectivity index (χ4v) is 2.09. The molecule has 2 rings (SSSR count). The molecule has 0 saturated carbocycles. The van der Waals surface area contributed by atoms with Crippen LogP contribution in [0.4, 0.5) is 0 Å². The second kappa shape index (κ2) is 5.71. The van der Waals surface area contributed by atoms with Crippen molar-refractivity contribution in [2.24, 2.45) is 0 Å². The smallest absolute Gasteiger partial charge is 0.258 e. The van der Waals surface area contributed by atoms with Gasteiger partial charge in [-0.05, 0) is 40.5 Å². The van der Waals surface area contributed by atoms with Crippen LogP contribution >= 0.6 is 27.5 Å². The van der Waals surface area contributed by atoms with Gasteiger partial charge in [-0.25, -0.2) is 0 Å². The largest absolute Gasteiger partial charge is 0.496 e. The molecular weight excluding hydrogens is 320 g/mol. The van der Waals surface area contributed by atoms with E-state index in [0.717, 1.165) is 22.2 Å². The van der Waals surface area contributed by atoms with Crippen molar-refractivity contribution in [3.8, 4) is 17.2 Å². The van der Waals surface area contributed by atoms with Crippen molar-refractivity contribution in [1.82, 2.24) is 10.1 Å². The van der Waals surface area contributed by atoms with Gasteiger partial charge in [0, 0.05) is 5.56 Å². The predicted molar refractivity (Wildman–Crippen MR) is 72.9 cm³/mol. The molecule has 1 aromatic heterocycles. The van der Waals surface area contributed by atoms with E-state index < -0.39 is 0 Å². The Morgan fingerprint density at radius 2 is 2.28 bits per heavy atom. The Labute approximate surface area is 118 Å². The second-order valence-electron chi connectivity index (χ2n) is 3.68. The van der Waals surface area contributed by atoms with Crippen molar-refractivity contribution in [1.29, 1.82) is 0 Å². The number of methoxy groups -OCH3 is 1. The van der Waals surface area contributed by atoms with Crippen LogP contribution in [0.25, 0.3) is 11.5 Å². The maximum Gasteiger partial charge on any atom is 0.258 e. The van der Waals surface area contributed by atoms with E-state index in [1.807, 2.05) is 25.1 Å². The Balaban J connectivity index is 2.31. The molecule has 1 atom stereocenters. The maximum atomic E-state index is 6.06. The van der Waals surface area contributed by atoms with E-state index in [4.69, 9.17) is 20.9 Å². The molecule has 96 valence electrons. The van der Waals surface area contributed by atoms with Gasteiger partial charge in [0.05, 0.1) is 17.0 Å². The van der Waals surface area contributed by atoms with Crippen molar-refractivity contribution in [2.45, 2.75) is 18.7 Å². The quantitative estimate of drug-likeness (QED) is 0.788. The number of hydrogen-bond acceptors (Lipinski definition) is 4. The number of halogens is 2. The van der Waals surface area contributed by atoms with Gasteiger partial charge in [0.25, 0.3) is 5.89 Å².